The number of hydrogen-bond acceptors (Lipinski definition) is 5. The van der Waals surface area contributed by atoms with Gasteiger partial charge in [0, 0.05) is 13.1 Å². The molecule has 2 heterocycles. The number of rotatable bonds is 6. The van der Waals surface area contributed by atoms with E-state index < -0.39 is 12.1 Å². The van der Waals surface area contributed by atoms with Crippen molar-refractivity contribution in [2.75, 3.05) is 23.3 Å². The van der Waals surface area contributed by atoms with Crippen LogP contribution in [0, 0.1) is 0 Å². The summed E-state index contributed by atoms with van der Waals surface area (Å²) in [5.74, 6) is -0.983. The van der Waals surface area contributed by atoms with Crippen molar-refractivity contribution in [3.8, 4) is 0 Å². The number of ether oxygens (including phenoxy) is 1. The maximum absolute atomic E-state index is 12.5. The molecule has 0 unspecified atom stereocenters. The van der Waals surface area contributed by atoms with Crippen LogP contribution in [0.25, 0.3) is 0 Å². The normalized spacial score (nSPS) is 18.1. The van der Waals surface area contributed by atoms with E-state index in [0.717, 1.165) is 30.6 Å². The van der Waals surface area contributed by atoms with Gasteiger partial charge in [0.2, 0.25) is 5.91 Å². The number of hydrogen-bond donors (Lipinski definition) is 2. The summed E-state index contributed by atoms with van der Waals surface area (Å²) in [6.45, 7) is 2.84. The summed E-state index contributed by atoms with van der Waals surface area (Å²) in [7, 11) is 0. The molecule has 156 valence electrons. The number of carbonyl (C=O) groups excluding carboxylic acids is 3. The van der Waals surface area contributed by atoms with Gasteiger partial charge in [-0.2, -0.15) is 0 Å². The lowest BCUT2D eigenvalue weighted by Gasteiger charge is -2.33. The fourth-order valence-corrected chi connectivity index (χ4v) is 3.96. The van der Waals surface area contributed by atoms with Gasteiger partial charge in [-0.05, 0) is 49.9 Å². The highest BCUT2D eigenvalue weighted by atomic mass is 16.5. The molecule has 0 bridgehead atoms. The number of amides is 2. The van der Waals surface area contributed by atoms with Crippen LogP contribution in [0.5, 0.6) is 0 Å². The van der Waals surface area contributed by atoms with E-state index in [4.69, 9.17) is 4.74 Å². The second-order valence-electron chi connectivity index (χ2n) is 7.65. The van der Waals surface area contributed by atoms with E-state index in [9.17, 15) is 14.4 Å². The summed E-state index contributed by atoms with van der Waals surface area (Å²) in [4.78, 5) is 39.1. The largest absolute Gasteiger partial charge is 0.449 e. The van der Waals surface area contributed by atoms with Crippen LogP contribution < -0.4 is 15.5 Å². The average molecular weight is 407 g/mol. The fourth-order valence-electron chi connectivity index (χ4n) is 3.96. The van der Waals surface area contributed by atoms with E-state index in [0.29, 0.717) is 24.2 Å². The van der Waals surface area contributed by atoms with E-state index in [1.54, 1.807) is 19.1 Å². The Labute approximate surface area is 175 Å². The highest BCUT2D eigenvalue weighted by Gasteiger charge is 2.36. The van der Waals surface area contributed by atoms with Gasteiger partial charge in [-0.3, -0.25) is 9.59 Å². The molecule has 2 aliphatic heterocycles. The predicted octanol–water partition coefficient (Wildman–Crippen LogP) is 2.51. The molecule has 2 atom stereocenters. The van der Waals surface area contributed by atoms with Crippen molar-refractivity contribution in [3.63, 3.8) is 0 Å². The molecule has 7 nitrogen and oxygen atoms in total. The van der Waals surface area contributed by atoms with E-state index in [2.05, 4.69) is 15.5 Å². The Kier molecular flexibility index (Phi) is 5.70. The minimum atomic E-state index is -0.915. The summed E-state index contributed by atoms with van der Waals surface area (Å²) in [5.41, 5.74) is 2.95. The Balaban J connectivity index is 1.34. The van der Waals surface area contributed by atoms with Crippen LogP contribution in [0.2, 0.25) is 0 Å². The lowest BCUT2D eigenvalue weighted by Crippen LogP contribution is -2.44. The first kappa shape index (κ1) is 19.9. The monoisotopic (exact) mass is 407 g/mol. The zero-order valence-electron chi connectivity index (χ0n) is 16.9. The lowest BCUT2D eigenvalue weighted by molar-refractivity contribution is -0.129. The molecule has 0 radical (unpaired) electrons. The van der Waals surface area contributed by atoms with Crippen LogP contribution in [-0.2, 0) is 20.7 Å². The Morgan fingerprint density at radius 1 is 1.23 bits per heavy atom. The Hall–Kier alpha value is -3.35. The van der Waals surface area contributed by atoms with Gasteiger partial charge in [0.1, 0.15) is 6.04 Å². The van der Waals surface area contributed by atoms with Gasteiger partial charge in [0.15, 0.2) is 6.10 Å². The molecule has 1 saturated heterocycles. The smallest absolute Gasteiger partial charge is 0.338 e. The van der Waals surface area contributed by atoms with Crippen LogP contribution in [0.4, 0.5) is 11.4 Å². The molecular weight excluding hydrogens is 382 g/mol. The third-order valence-electron chi connectivity index (χ3n) is 5.56. The second-order valence-corrected chi connectivity index (χ2v) is 7.65. The number of carbonyl (C=O) groups is 3. The summed E-state index contributed by atoms with van der Waals surface area (Å²) < 4.78 is 5.33. The van der Waals surface area contributed by atoms with Gasteiger partial charge in [0.05, 0.1) is 16.9 Å². The molecule has 0 saturated carbocycles. The van der Waals surface area contributed by atoms with E-state index in [-0.39, 0.29) is 17.9 Å². The topological polar surface area (TPSA) is 87.7 Å². The molecule has 0 spiro atoms. The molecule has 0 aliphatic carbocycles. The van der Waals surface area contributed by atoms with E-state index >= 15 is 0 Å². The SMILES string of the molecule is C[C@@H](OC(=O)c1ccc2c(c1)NC(=O)[C@H]1CCCN21)C(=O)NCCc1ccccc1. The van der Waals surface area contributed by atoms with Crippen molar-refractivity contribution >= 4 is 29.2 Å². The highest BCUT2D eigenvalue weighted by Crippen LogP contribution is 2.37. The number of esters is 1. The predicted molar refractivity (Wildman–Crippen MR) is 113 cm³/mol. The highest BCUT2D eigenvalue weighted by molar-refractivity contribution is 6.05. The number of fused-ring (bicyclic) bond motifs is 3. The van der Waals surface area contributed by atoms with Crippen LogP contribution in [0.1, 0.15) is 35.7 Å². The van der Waals surface area contributed by atoms with Crippen LogP contribution >= 0.6 is 0 Å². The molecule has 30 heavy (non-hydrogen) atoms. The number of nitrogens with zero attached hydrogens (tertiary/aromatic N) is 1. The second kappa shape index (κ2) is 8.57. The number of anilines is 2. The van der Waals surface area contributed by atoms with E-state index in [1.165, 1.54) is 0 Å². The fraction of sp³-hybridized carbons (Fsp3) is 0.348. The molecule has 2 N–H and O–H groups in total. The average Bonchev–Trinajstić information content (AvgIpc) is 3.25. The first-order chi connectivity index (χ1) is 14.5. The van der Waals surface area contributed by atoms with Gasteiger partial charge >= 0.3 is 5.97 Å². The van der Waals surface area contributed by atoms with Crippen molar-refractivity contribution < 1.29 is 19.1 Å². The quantitative estimate of drug-likeness (QED) is 0.719. The van der Waals surface area contributed by atoms with Gasteiger partial charge < -0.3 is 20.3 Å². The van der Waals surface area contributed by atoms with Gasteiger partial charge in [0.25, 0.3) is 5.91 Å². The maximum atomic E-state index is 12.5. The molecule has 0 aromatic heterocycles. The summed E-state index contributed by atoms with van der Waals surface area (Å²) in [6, 6.07) is 14.8. The first-order valence-electron chi connectivity index (χ1n) is 10.3. The molecule has 2 aromatic carbocycles. The van der Waals surface area contributed by atoms with Crippen molar-refractivity contribution in [1.29, 1.82) is 0 Å². The van der Waals surface area contributed by atoms with Gasteiger partial charge in [-0.1, -0.05) is 30.3 Å². The molecule has 1 fully saturated rings. The number of nitrogens with one attached hydrogen (secondary N) is 2. The van der Waals surface area contributed by atoms with Crippen molar-refractivity contribution in [2.45, 2.75) is 38.3 Å². The van der Waals surface area contributed by atoms with Crippen LogP contribution in [0.3, 0.4) is 0 Å². The summed E-state index contributed by atoms with van der Waals surface area (Å²) in [5, 5.41) is 5.67. The Bertz CT molecular complexity index is 960. The van der Waals surface area contributed by atoms with Crippen molar-refractivity contribution in [2.24, 2.45) is 0 Å². The zero-order chi connectivity index (χ0) is 21.1. The van der Waals surface area contributed by atoms with Gasteiger partial charge in [-0.15, -0.1) is 0 Å². The molecule has 2 aromatic rings. The van der Waals surface area contributed by atoms with Gasteiger partial charge in [-0.25, -0.2) is 4.79 Å². The molecule has 4 rings (SSSR count). The Morgan fingerprint density at radius 3 is 2.83 bits per heavy atom. The van der Waals surface area contributed by atoms with E-state index in [1.807, 2.05) is 36.4 Å². The third-order valence-corrected chi connectivity index (χ3v) is 5.56. The standard InChI is InChI=1S/C23H25N3O4/c1-15(21(27)24-12-11-16-6-3-2-4-7-16)30-23(29)17-9-10-19-18(14-17)25-22(28)20-8-5-13-26(19)20/h2-4,6-7,9-10,14-15,20H,5,8,11-13H2,1H3,(H,24,27)(H,25,28)/t15-,20-/m1/s1. The maximum Gasteiger partial charge on any atom is 0.338 e. The number of benzene rings is 2. The molecule has 2 amide bonds. The molecular formula is C23H25N3O4. The minimum Gasteiger partial charge on any atom is -0.449 e. The minimum absolute atomic E-state index is 0.0447. The van der Waals surface area contributed by atoms with Crippen molar-refractivity contribution in [1.82, 2.24) is 5.32 Å². The zero-order valence-corrected chi connectivity index (χ0v) is 16.9. The summed E-state index contributed by atoms with van der Waals surface area (Å²) >= 11 is 0. The molecule has 2 aliphatic rings. The van der Waals surface area contributed by atoms with Crippen LogP contribution in [0.15, 0.2) is 48.5 Å². The molecule has 7 heteroatoms. The first-order valence-corrected chi connectivity index (χ1v) is 10.3. The van der Waals surface area contributed by atoms with Crippen molar-refractivity contribution in [3.05, 3.63) is 59.7 Å². The summed E-state index contributed by atoms with van der Waals surface area (Å²) in [6.07, 6.45) is 1.60. The lowest BCUT2D eigenvalue weighted by atomic mass is 10.1. The third kappa shape index (κ3) is 4.15. The Morgan fingerprint density at radius 2 is 2.03 bits per heavy atom. The van der Waals surface area contributed by atoms with Crippen LogP contribution in [-0.4, -0.2) is 43.0 Å².